The Morgan fingerprint density at radius 3 is 2.64 bits per heavy atom. The molecule has 4 nitrogen and oxygen atoms in total. The van der Waals surface area contributed by atoms with Crippen LogP contribution in [0.3, 0.4) is 0 Å². The minimum Gasteiger partial charge on any atom is -0.275 e. The average Bonchev–Trinajstić information content (AvgIpc) is 3.13. The van der Waals surface area contributed by atoms with Gasteiger partial charge in [-0.1, -0.05) is 6.07 Å². The Bertz CT molecular complexity index is 956. The van der Waals surface area contributed by atoms with E-state index in [0.29, 0.717) is 0 Å². The monoisotopic (exact) mass is 310 g/mol. The van der Waals surface area contributed by atoms with Crippen molar-refractivity contribution < 1.29 is 4.39 Å². The van der Waals surface area contributed by atoms with E-state index >= 15 is 0 Å². The number of hydrogen-bond donors (Lipinski definition) is 0. The van der Waals surface area contributed by atoms with Crippen molar-refractivity contribution >= 4 is 21.6 Å². The molecule has 4 rings (SSSR count). The molecule has 0 radical (unpaired) electrons. The molecule has 3 heterocycles. The first-order valence-corrected chi connectivity index (χ1v) is 7.52. The second-order valence-corrected chi connectivity index (χ2v) is 6.00. The smallest absolute Gasteiger partial charge is 0.212 e. The molecule has 0 aliphatic rings. The molecule has 3 aromatic heterocycles. The fraction of sp³-hybridized carbons (Fsp3) is 0.0625. The van der Waals surface area contributed by atoms with E-state index in [2.05, 4.69) is 27.2 Å². The Morgan fingerprint density at radius 1 is 1.05 bits per heavy atom. The minimum atomic E-state index is -0.483. The molecule has 6 heteroatoms. The predicted octanol–water partition coefficient (Wildman–Crippen LogP) is 3.90. The number of halogens is 1. The number of nitrogens with zero attached hydrogens (tertiary/aromatic N) is 4. The van der Waals surface area contributed by atoms with Crippen LogP contribution in [0.15, 0.2) is 48.9 Å². The summed E-state index contributed by atoms with van der Waals surface area (Å²) in [4.78, 5) is 8.32. The van der Waals surface area contributed by atoms with Gasteiger partial charge in [0.25, 0.3) is 0 Å². The van der Waals surface area contributed by atoms with Crippen LogP contribution in [0.4, 0.5) is 4.39 Å². The van der Waals surface area contributed by atoms with E-state index in [1.165, 1.54) is 12.3 Å². The van der Waals surface area contributed by atoms with Crippen molar-refractivity contribution in [3.05, 3.63) is 54.9 Å². The van der Waals surface area contributed by atoms with E-state index in [1.807, 2.05) is 25.5 Å². The van der Waals surface area contributed by atoms with Gasteiger partial charge in [-0.2, -0.15) is 9.49 Å². The van der Waals surface area contributed by atoms with Crippen LogP contribution in [0.1, 0.15) is 0 Å². The molecule has 1 aromatic carbocycles. The van der Waals surface area contributed by atoms with Gasteiger partial charge in [0, 0.05) is 30.6 Å². The van der Waals surface area contributed by atoms with Crippen LogP contribution in [0.2, 0.25) is 0 Å². The van der Waals surface area contributed by atoms with Crippen LogP contribution >= 0.6 is 11.3 Å². The van der Waals surface area contributed by atoms with Crippen LogP contribution in [0, 0.1) is 5.95 Å². The van der Waals surface area contributed by atoms with Gasteiger partial charge < -0.3 is 0 Å². The summed E-state index contributed by atoms with van der Waals surface area (Å²) >= 11 is 1.57. The fourth-order valence-corrected chi connectivity index (χ4v) is 3.24. The van der Waals surface area contributed by atoms with E-state index in [4.69, 9.17) is 0 Å². The summed E-state index contributed by atoms with van der Waals surface area (Å²) in [6.45, 7) is 0. The molecule has 108 valence electrons. The molecular formula is C16H11FN4S. The Morgan fingerprint density at radius 2 is 1.91 bits per heavy atom. The zero-order chi connectivity index (χ0) is 15.1. The zero-order valence-electron chi connectivity index (χ0n) is 11.7. The summed E-state index contributed by atoms with van der Waals surface area (Å²) in [6.07, 6.45) is 5.31. The average molecular weight is 310 g/mol. The number of fused-ring (bicyclic) bond motifs is 1. The Balaban J connectivity index is 1.79. The van der Waals surface area contributed by atoms with Gasteiger partial charge in [0.2, 0.25) is 5.95 Å². The standard InChI is InChI=1S/C16H11FN4S/c1-21-9-12(8-19-21)10-2-4-14-13(6-10)20-16(22-14)11-3-5-15(17)18-7-11/h2-9H,1H3. The van der Waals surface area contributed by atoms with E-state index in [-0.39, 0.29) is 0 Å². The van der Waals surface area contributed by atoms with Crippen molar-refractivity contribution in [2.45, 2.75) is 0 Å². The van der Waals surface area contributed by atoms with Crippen molar-refractivity contribution in [3.8, 4) is 21.7 Å². The van der Waals surface area contributed by atoms with Crippen molar-refractivity contribution in [2.75, 3.05) is 0 Å². The first-order chi connectivity index (χ1) is 10.7. The maximum Gasteiger partial charge on any atom is 0.212 e. The maximum atomic E-state index is 12.9. The van der Waals surface area contributed by atoms with Gasteiger partial charge in [-0.3, -0.25) is 4.68 Å². The summed E-state index contributed by atoms with van der Waals surface area (Å²) < 4.78 is 15.8. The van der Waals surface area contributed by atoms with E-state index in [0.717, 1.165) is 31.9 Å². The van der Waals surface area contributed by atoms with Crippen molar-refractivity contribution in [1.82, 2.24) is 19.7 Å². The molecule has 22 heavy (non-hydrogen) atoms. The van der Waals surface area contributed by atoms with Gasteiger partial charge >= 0.3 is 0 Å². The topological polar surface area (TPSA) is 43.6 Å². The molecule has 0 spiro atoms. The summed E-state index contributed by atoms with van der Waals surface area (Å²) in [7, 11) is 1.89. The quantitative estimate of drug-likeness (QED) is 0.527. The SMILES string of the molecule is Cn1cc(-c2ccc3sc(-c4ccc(F)nc4)nc3c2)cn1. The number of pyridine rings is 1. The third kappa shape index (κ3) is 2.27. The lowest BCUT2D eigenvalue weighted by molar-refractivity contribution is 0.584. The van der Waals surface area contributed by atoms with Gasteiger partial charge in [-0.25, -0.2) is 9.97 Å². The van der Waals surface area contributed by atoms with E-state index in [1.54, 1.807) is 22.1 Å². The number of benzene rings is 1. The summed E-state index contributed by atoms with van der Waals surface area (Å²) in [5.41, 5.74) is 3.88. The number of hydrogen-bond acceptors (Lipinski definition) is 4. The Hall–Kier alpha value is -2.60. The van der Waals surface area contributed by atoms with E-state index in [9.17, 15) is 4.39 Å². The third-order valence-corrected chi connectivity index (χ3v) is 4.49. The second kappa shape index (κ2) is 4.99. The highest BCUT2D eigenvalue weighted by Gasteiger charge is 2.09. The molecule has 0 atom stereocenters. The predicted molar refractivity (Wildman–Crippen MR) is 85.0 cm³/mol. The molecular weight excluding hydrogens is 299 g/mol. The van der Waals surface area contributed by atoms with Crippen LogP contribution in [0.5, 0.6) is 0 Å². The number of thiazole rings is 1. The molecule has 0 amide bonds. The third-order valence-electron chi connectivity index (χ3n) is 3.40. The molecule has 4 aromatic rings. The molecule has 0 aliphatic heterocycles. The lowest BCUT2D eigenvalue weighted by Crippen LogP contribution is -1.84. The van der Waals surface area contributed by atoms with Crippen LogP contribution in [0.25, 0.3) is 31.9 Å². The summed E-state index contributed by atoms with van der Waals surface area (Å²) in [5, 5.41) is 5.03. The molecule has 0 bridgehead atoms. The van der Waals surface area contributed by atoms with Gasteiger partial charge in [0.05, 0.1) is 16.4 Å². The van der Waals surface area contributed by atoms with Gasteiger partial charge in [-0.05, 0) is 29.8 Å². The highest BCUT2D eigenvalue weighted by Crippen LogP contribution is 2.32. The number of aromatic nitrogens is 4. The van der Waals surface area contributed by atoms with Gasteiger partial charge in [-0.15, -0.1) is 11.3 Å². The highest BCUT2D eigenvalue weighted by atomic mass is 32.1. The van der Waals surface area contributed by atoms with E-state index < -0.39 is 5.95 Å². The molecule has 0 unspecified atom stereocenters. The van der Waals surface area contributed by atoms with Gasteiger partial charge in [0.15, 0.2) is 0 Å². The van der Waals surface area contributed by atoms with Crippen LogP contribution < -0.4 is 0 Å². The molecule has 0 saturated heterocycles. The van der Waals surface area contributed by atoms with Crippen LogP contribution in [-0.2, 0) is 7.05 Å². The number of aryl methyl sites for hydroxylation is 1. The Labute approximate surface area is 129 Å². The first kappa shape index (κ1) is 13.1. The molecule has 0 N–H and O–H groups in total. The summed E-state index contributed by atoms with van der Waals surface area (Å²) in [6, 6.07) is 9.20. The molecule has 0 aliphatic carbocycles. The minimum absolute atomic E-state index is 0.483. The summed E-state index contributed by atoms with van der Waals surface area (Å²) in [5.74, 6) is -0.483. The van der Waals surface area contributed by atoms with Crippen molar-refractivity contribution in [3.63, 3.8) is 0 Å². The lowest BCUT2D eigenvalue weighted by Gasteiger charge is -1.96. The first-order valence-electron chi connectivity index (χ1n) is 6.70. The molecule has 0 saturated carbocycles. The van der Waals surface area contributed by atoms with Crippen molar-refractivity contribution in [2.24, 2.45) is 7.05 Å². The Kier molecular flexibility index (Phi) is 2.97. The zero-order valence-corrected chi connectivity index (χ0v) is 12.5. The fourth-order valence-electron chi connectivity index (χ4n) is 2.30. The highest BCUT2D eigenvalue weighted by molar-refractivity contribution is 7.21. The van der Waals surface area contributed by atoms with Crippen LogP contribution in [-0.4, -0.2) is 19.7 Å². The lowest BCUT2D eigenvalue weighted by atomic mass is 10.1. The van der Waals surface area contributed by atoms with Crippen molar-refractivity contribution in [1.29, 1.82) is 0 Å². The maximum absolute atomic E-state index is 12.9. The number of rotatable bonds is 2. The normalized spacial score (nSPS) is 11.2. The molecule has 0 fully saturated rings. The largest absolute Gasteiger partial charge is 0.275 e. The second-order valence-electron chi connectivity index (χ2n) is 4.97. The van der Waals surface area contributed by atoms with Gasteiger partial charge in [0.1, 0.15) is 5.01 Å².